The van der Waals surface area contributed by atoms with Crippen molar-refractivity contribution in [2.75, 3.05) is 65.4 Å². The number of benzene rings is 4. The standard InChI is InChI=1S/C31H44F2N6O.C26H25ClF2O2.C3H8.2CH5N/c1-21(34-20-40)10-14-36(3)31-26-18-27(32)28(29(33)30(26)37(4)35-31)24-11-15-38(16-12-24)25-13-17-39(19-25)22(2)23-8-6-5-7-9-23;1-4-17-12-13-18(9-8-14-30)26(29)23(17)24-22(16(2)3)21(15-20(28)25(24)27)31-19-10-6-5-7-11-19;1-3-2;2*1-2/h18,20,23-25H,1-2,5-17,19H2,3-4H3,(H,34,40);4-7,10-13,15-16,30H,1,8-9,14H2,2-3H3;3H2,1-2H3;2*2H2,1H3/t25-;;;;/m0..../s1. The number of hydrogen-bond acceptors (Lipinski definition) is 9. The van der Waals surface area contributed by atoms with Crippen molar-refractivity contribution in [2.45, 2.75) is 123 Å². The number of aliphatic hydroxyl groups is 1. The zero-order chi connectivity index (χ0) is 57.6. The fraction of sp³-hybridized carbons (Fsp3) is 0.484. The molecule has 1 aliphatic carbocycles. The van der Waals surface area contributed by atoms with E-state index in [1.807, 2.05) is 44.0 Å². The molecule has 1 saturated carbocycles. The topological polar surface area (TPSA) is 138 Å². The number of rotatable bonds is 18. The van der Waals surface area contributed by atoms with Gasteiger partial charge in [0.05, 0.1) is 10.4 Å². The maximum Gasteiger partial charge on any atom is 0.211 e. The average molecular weight is 1100 g/mol. The van der Waals surface area contributed by atoms with E-state index < -0.39 is 23.3 Å². The molecule has 1 aromatic heterocycles. The van der Waals surface area contributed by atoms with Gasteiger partial charge in [-0.15, -0.1) is 0 Å². The summed E-state index contributed by atoms with van der Waals surface area (Å²) in [6, 6.07) is 15.6. The highest BCUT2D eigenvalue weighted by Gasteiger charge is 2.35. The Hall–Kier alpha value is -5.71. The van der Waals surface area contributed by atoms with Gasteiger partial charge in [-0.05, 0) is 119 Å². The number of carbonyl (C=O) groups excluding carboxylic acids is 1. The second kappa shape index (κ2) is 32.4. The fourth-order valence-corrected chi connectivity index (χ4v) is 11.0. The van der Waals surface area contributed by atoms with Crippen LogP contribution >= 0.6 is 11.6 Å². The second-order valence-electron chi connectivity index (χ2n) is 20.3. The van der Waals surface area contributed by atoms with Crippen LogP contribution in [-0.4, -0.2) is 97.6 Å². The van der Waals surface area contributed by atoms with Crippen LogP contribution in [0.25, 0.3) is 28.1 Å². The molecule has 11 nitrogen and oxygen atoms in total. The van der Waals surface area contributed by atoms with Gasteiger partial charge in [0.25, 0.3) is 0 Å². The number of para-hydroxylation sites is 1. The van der Waals surface area contributed by atoms with E-state index in [0.29, 0.717) is 89.0 Å². The van der Waals surface area contributed by atoms with Crippen molar-refractivity contribution in [3.8, 4) is 22.6 Å². The minimum atomic E-state index is -0.692. The largest absolute Gasteiger partial charge is 0.457 e. The number of carbonyl (C=O) groups is 1. The molecule has 2 saturated heterocycles. The molecule has 3 heterocycles. The van der Waals surface area contributed by atoms with Gasteiger partial charge in [0, 0.05) is 92.5 Å². The molecule has 0 radical (unpaired) electrons. The number of piperidine rings is 1. The highest BCUT2D eigenvalue weighted by atomic mass is 35.5. The summed E-state index contributed by atoms with van der Waals surface area (Å²) < 4.78 is 69.7. The molecule has 1 atom stereocenters. The third-order valence-electron chi connectivity index (χ3n) is 14.6. The predicted octanol–water partition coefficient (Wildman–Crippen LogP) is 13.6. The summed E-state index contributed by atoms with van der Waals surface area (Å²) in [4.78, 5) is 17.5. The average Bonchev–Trinajstić information content (AvgIpc) is 4.10. The van der Waals surface area contributed by atoms with Gasteiger partial charge in [-0.2, -0.15) is 5.10 Å². The van der Waals surface area contributed by atoms with E-state index in [0.717, 1.165) is 45.4 Å². The number of likely N-dealkylation sites (tertiary alicyclic amines) is 2. The Labute approximate surface area is 467 Å². The van der Waals surface area contributed by atoms with Gasteiger partial charge >= 0.3 is 0 Å². The zero-order valence-corrected chi connectivity index (χ0v) is 48.3. The lowest BCUT2D eigenvalue weighted by Gasteiger charge is -2.37. The molecule has 78 heavy (non-hydrogen) atoms. The Morgan fingerprint density at radius 1 is 0.923 bits per heavy atom. The lowest BCUT2D eigenvalue weighted by Crippen LogP contribution is -2.42. The lowest BCUT2D eigenvalue weighted by molar-refractivity contribution is -0.109. The first-order chi connectivity index (χ1) is 37.6. The molecule has 3 aliphatic rings. The van der Waals surface area contributed by atoms with Crippen LogP contribution in [0.2, 0.25) is 5.02 Å². The summed E-state index contributed by atoms with van der Waals surface area (Å²) in [5, 5.41) is 16.5. The van der Waals surface area contributed by atoms with Crippen molar-refractivity contribution in [1.82, 2.24) is 24.9 Å². The first kappa shape index (κ1) is 64.8. The molecule has 5 aromatic rings. The maximum absolute atomic E-state index is 16.0. The van der Waals surface area contributed by atoms with Crippen molar-refractivity contribution >= 4 is 40.8 Å². The summed E-state index contributed by atoms with van der Waals surface area (Å²) in [6.45, 7) is 24.4. The minimum Gasteiger partial charge on any atom is -0.457 e. The van der Waals surface area contributed by atoms with Gasteiger partial charge in [-0.1, -0.05) is 121 Å². The molecule has 6 N–H and O–H groups in total. The molecular weight excluding hydrogens is 1020 g/mol. The maximum atomic E-state index is 16.0. The number of hydrogen-bond donors (Lipinski definition) is 4. The van der Waals surface area contributed by atoms with Crippen molar-refractivity contribution < 1.29 is 32.2 Å². The quantitative estimate of drug-likeness (QED) is 0.0499. The zero-order valence-electron chi connectivity index (χ0n) is 47.6. The molecule has 0 unspecified atom stereocenters. The Morgan fingerprint density at radius 3 is 2.18 bits per heavy atom. The van der Waals surface area contributed by atoms with Gasteiger partial charge in [0.2, 0.25) is 6.41 Å². The second-order valence-corrected chi connectivity index (χ2v) is 20.6. The van der Waals surface area contributed by atoms with Crippen molar-refractivity contribution in [1.29, 1.82) is 0 Å². The normalized spacial score (nSPS) is 15.7. The van der Waals surface area contributed by atoms with Crippen LogP contribution in [0, 0.1) is 29.2 Å². The fourth-order valence-electron chi connectivity index (χ4n) is 10.8. The third-order valence-corrected chi connectivity index (χ3v) is 15.0. The molecule has 8 rings (SSSR count). The number of aryl methyl sites for hydroxylation is 2. The van der Waals surface area contributed by atoms with Gasteiger partial charge in [-0.25, -0.2) is 17.6 Å². The number of nitrogens with zero attached hydrogens (tertiary/aromatic N) is 5. The first-order valence-electron chi connectivity index (χ1n) is 27.6. The summed E-state index contributed by atoms with van der Waals surface area (Å²) in [5.74, 6) is -0.477. The Morgan fingerprint density at radius 2 is 1.58 bits per heavy atom. The van der Waals surface area contributed by atoms with Crippen LogP contribution < -0.4 is 26.4 Å². The van der Waals surface area contributed by atoms with Crippen LogP contribution in [0.15, 0.2) is 85.7 Å². The van der Waals surface area contributed by atoms with E-state index in [9.17, 15) is 9.18 Å². The van der Waals surface area contributed by atoms with E-state index in [2.05, 4.69) is 65.3 Å². The van der Waals surface area contributed by atoms with Gasteiger partial charge in [0.1, 0.15) is 34.5 Å². The number of aromatic nitrogens is 2. The molecular formula is C62H87ClF4N8O3. The molecule has 16 heteroatoms. The number of nitrogens with one attached hydrogen (secondary N) is 1. The monoisotopic (exact) mass is 1100 g/mol. The summed E-state index contributed by atoms with van der Waals surface area (Å²) in [6.07, 6.45) is 13.8. The Kier molecular flexibility index (Phi) is 26.9. The van der Waals surface area contributed by atoms with Crippen molar-refractivity contribution in [3.05, 3.63) is 136 Å². The highest BCUT2D eigenvalue weighted by Crippen LogP contribution is 2.47. The predicted molar refractivity (Wildman–Crippen MR) is 315 cm³/mol. The molecule has 4 aromatic carbocycles. The number of halogens is 5. The molecule has 3 fully saturated rings. The van der Waals surface area contributed by atoms with Crippen LogP contribution in [0.4, 0.5) is 23.4 Å². The van der Waals surface area contributed by atoms with Crippen LogP contribution in [0.1, 0.15) is 132 Å². The minimum absolute atomic E-state index is 0.0506. The summed E-state index contributed by atoms with van der Waals surface area (Å²) in [7, 11) is 6.52. The van der Waals surface area contributed by atoms with E-state index >= 15 is 13.2 Å². The molecule has 2 aliphatic heterocycles. The molecule has 0 spiro atoms. The highest BCUT2D eigenvalue weighted by molar-refractivity contribution is 6.34. The Bertz CT molecular complexity index is 2720. The van der Waals surface area contributed by atoms with Crippen molar-refractivity contribution in [2.24, 2.45) is 24.4 Å². The number of ether oxygens (including phenoxy) is 1. The van der Waals surface area contributed by atoms with Gasteiger partial charge in [-0.3, -0.25) is 14.4 Å². The third kappa shape index (κ3) is 16.2. The number of allylic oxidation sites excluding steroid dienone is 1. The van der Waals surface area contributed by atoms with Gasteiger partial charge in [0.15, 0.2) is 11.6 Å². The van der Waals surface area contributed by atoms with Gasteiger partial charge < -0.3 is 36.4 Å². The van der Waals surface area contributed by atoms with Crippen molar-refractivity contribution in [3.63, 3.8) is 0 Å². The first-order valence-corrected chi connectivity index (χ1v) is 28.0. The summed E-state index contributed by atoms with van der Waals surface area (Å²) >= 11 is 6.44. The van der Waals surface area contributed by atoms with Crippen LogP contribution in [-0.2, 0) is 18.3 Å². The van der Waals surface area contributed by atoms with E-state index in [1.54, 1.807) is 31.3 Å². The Balaban J connectivity index is 0.000000310. The summed E-state index contributed by atoms with van der Waals surface area (Å²) in [5.41, 5.74) is 13.4. The van der Waals surface area contributed by atoms with Crippen LogP contribution in [0.3, 0.4) is 0 Å². The van der Waals surface area contributed by atoms with E-state index in [4.69, 9.17) is 21.4 Å². The van der Waals surface area contributed by atoms with E-state index in [-0.39, 0.29) is 45.9 Å². The smallest absolute Gasteiger partial charge is 0.211 e. The number of nitrogens with two attached hydrogens (primary N) is 2. The van der Waals surface area contributed by atoms with Crippen LogP contribution in [0.5, 0.6) is 11.5 Å². The number of aliphatic hydroxyl groups excluding tert-OH is 1. The molecule has 428 valence electrons. The molecule has 1 amide bonds. The number of anilines is 1. The number of amides is 1. The SMILES string of the molecule is C=C(CCN(C)c1nn(C)c2c(F)c(C3CCN([C@H]4CCN(C(=C)C5CCCCC5)C4)CC3)c(F)cc12)NC=O.C=Cc1ccc(CCCO)c(F)c1-c1c(Cl)c(F)cc(Oc2ccccc2)c1C(C)C.CCC.CN.CN. The van der Waals surface area contributed by atoms with E-state index in [1.165, 1.54) is 81.2 Å². The number of fused-ring (bicyclic) bond motifs is 1. The lowest BCUT2D eigenvalue weighted by atomic mass is 9.87. The molecule has 0 bridgehead atoms.